The topological polar surface area (TPSA) is 103 Å². The fourth-order valence-electron chi connectivity index (χ4n) is 3.96. The molecule has 1 fully saturated rings. The van der Waals surface area contributed by atoms with Crippen molar-refractivity contribution in [2.24, 2.45) is 7.05 Å². The molecule has 3 aromatic heterocycles. The first-order chi connectivity index (χ1) is 16.6. The molecule has 1 N–H and O–H groups in total. The molecule has 0 atom stereocenters. The van der Waals surface area contributed by atoms with Crippen LogP contribution < -0.4 is 15.2 Å². The number of nitrogens with zero attached hydrogens (tertiary/aromatic N) is 6. The van der Waals surface area contributed by atoms with Gasteiger partial charge in [-0.25, -0.2) is 4.68 Å². The standard InChI is InChI=1S/C24H27N7O3/c1-17-4-3-5-19(12-17)20-15-26-31(23(20)32)22-13-21(30-7-10-33-11-8-30)27-24(28-22)34-9-6-18-14-25-29(2)16-18/h3-5,12-16,26H,6-11H2,1-2H3. The number of rotatable bonds is 7. The lowest BCUT2D eigenvalue weighted by molar-refractivity contribution is 0.122. The molecule has 1 aliphatic rings. The Hall–Kier alpha value is -3.92. The molecule has 0 unspecified atom stereocenters. The van der Waals surface area contributed by atoms with Gasteiger partial charge in [0.2, 0.25) is 0 Å². The molecule has 1 aromatic carbocycles. The Labute approximate surface area is 196 Å². The minimum atomic E-state index is -0.182. The molecule has 0 aliphatic carbocycles. The summed E-state index contributed by atoms with van der Waals surface area (Å²) in [6.07, 6.45) is 6.14. The zero-order valence-electron chi connectivity index (χ0n) is 19.3. The summed E-state index contributed by atoms with van der Waals surface area (Å²) in [5, 5.41) is 7.24. The summed E-state index contributed by atoms with van der Waals surface area (Å²) in [6.45, 7) is 5.06. The predicted octanol–water partition coefficient (Wildman–Crippen LogP) is 2.12. The molecule has 5 rings (SSSR count). The van der Waals surface area contributed by atoms with Gasteiger partial charge in [0, 0.05) is 45.0 Å². The van der Waals surface area contributed by atoms with Crippen LogP contribution in [-0.4, -0.2) is 62.4 Å². The van der Waals surface area contributed by atoms with E-state index in [0.29, 0.717) is 56.5 Å². The molecule has 176 valence electrons. The average Bonchev–Trinajstić information content (AvgIpc) is 3.44. The second-order valence-corrected chi connectivity index (χ2v) is 8.28. The smallest absolute Gasteiger partial charge is 0.320 e. The molecule has 0 bridgehead atoms. The highest BCUT2D eigenvalue weighted by Gasteiger charge is 2.18. The van der Waals surface area contributed by atoms with Gasteiger partial charge in [0.25, 0.3) is 5.56 Å². The molecule has 10 nitrogen and oxygen atoms in total. The first-order valence-electron chi connectivity index (χ1n) is 11.3. The number of hydrogen-bond donors (Lipinski definition) is 1. The Morgan fingerprint density at radius 2 is 1.97 bits per heavy atom. The van der Waals surface area contributed by atoms with Gasteiger partial charge >= 0.3 is 6.01 Å². The molecule has 0 saturated carbocycles. The molecule has 4 heterocycles. The van der Waals surface area contributed by atoms with E-state index in [9.17, 15) is 4.79 Å². The third kappa shape index (κ3) is 4.72. The molecule has 10 heteroatoms. The van der Waals surface area contributed by atoms with E-state index in [0.717, 1.165) is 16.7 Å². The third-order valence-corrected chi connectivity index (χ3v) is 5.72. The molecule has 4 aromatic rings. The maximum absolute atomic E-state index is 13.3. The monoisotopic (exact) mass is 461 g/mol. The predicted molar refractivity (Wildman–Crippen MR) is 128 cm³/mol. The maximum Gasteiger partial charge on any atom is 0.320 e. The number of morpholine rings is 1. The van der Waals surface area contributed by atoms with Crippen molar-refractivity contribution in [1.29, 1.82) is 0 Å². The lowest BCUT2D eigenvalue weighted by Gasteiger charge is -2.28. The molecule has 0 radical (unpaired) electrons. The minimum absolute atomic E-state index is 0.182. The zero-order chi connectivity index (χ0) is 23.5. The highest BCUT2D eigenvalue weighted by atomic mass is 16.5. The van der Waals surface area contributed by atoms with Gasteiger partial charge in [-0.1, -0.05) is 29.8 Å². The van der Waals surface area contributed by atoms with Crippen LogP contribution >= 0.6 is 0 Å². The summed E-state index contributed by atoms with van der Waals surface area (Å²) >= 11 is 0. The van der Waals surface area contributed by atoms with Crippen LogP contribution in [0, 0.1) is 6.92 Å². The highest BCUT2D eigenvalue weighted by molar-refractivity contribution is 5.63. The van der Waals surface area contributed by atoms with Crippen molar-refractivity contribution in [1.82, 2.24) is 29.5 Å². The summed E-state index contributed by atoms with van der Waals surface area (Å²) in [6, 6.07) is 9.88. The van der Waals surface area contributed by atoms with Crippen molar-refractivity contribution < 1.29 is 9.47 Å². The Kier molecular flexibility index (Phi) is 6.13. The van der Waals surface area contributed by atoms with Crippen LogP contribution in [0.3, 0.4) is 0 Å². The number of aryl methyl sites for hydroxylation is 2. The van der Waals surface area contributed by atoms with E-state index in [2.05, 4.69) is 25.1 Å². The minimum Gasteiger partial charge on any atom is -0.463 e. The summed E-state index contributed by atoms with van der Waals surface area (Å²) in [7, 11) is 1.88. The Balaban J connectivity index is 1.46. The van der Waals surface area contributed by atoms with Crippen LogP contribution in [0.15, 0.2) is 53.7 Å². The fraction of sp³-hybridized carbons (Fsp3) is 0.333. The van der Waals surface area contributed by atoms with Crippen molar-refractivity contribution in [3.63, 3.8) is 0 Å². The van der Waals surface area contributed by atoms with Crippen LogP contribution in [0.25, 0.3) is 16.9 Å². The SMILES string of the molecule is Cc1cccc(-c2c[nH]n(-c3cc(N4CCOCC4)nc(OCCc4cnn(C)c4)n3)c2=O)c1. The first kappa shape index (κ1) is 21.9. The number of aromatic amines is 1. The van der Waals surface area contributed by atoms with Crippen molar-refractivity contribution in [3.05, 3.63) is 70.4 Å². The van der Waals surface area contributed by atoms with Gasteiger partial charge in [-0.3, -0.25) is 14.6 Å². The van der Waals surface area contributed by atoms with E-state index in [1.54, 1.807) is 16.9 Å². The Bertz CT molecular complexity index is 1330. The van der Waals surface area contributed by atoms with Gasteiger partial charge in [-0.15, -0.1) is 0 Å². The van der Waals surface area contributed by atoms with E-state index in [1.807, 2.05) is 50.6 Å². The number of hydrogen-bond acceptors (Lipinski definition) is 7. The van der Waals surface area contributed by atoms with E-state index in [1.165, 1.54) is 4.68 Å². The van der Waals surface area contributed by atoms with E-state index in [-0.39, 0.29) is 11.6 Å². The Morgan fingerprint density at radius 1 is 1.15 bits per heavy atom. The second-order valence-electron chi connectivity index (χ2n) is 8.28. The number of aromatic nitrogens is 6. The van der Waals surface area contributed by atoms with Crippen LogP contribution in [-0.2, 0) is 18.2 Å². The molecule has 0 spiro atoms. The normalized spacial score (nSPS) is 13.9. The number of benzene rings is 1. The van der Waals surface area contributed by atoms with Crippen molar-refractivity contribution in [2.75, 3.05) is 37.8 Å². The summed E-state index contributed by atoms with van der Waals surface area (Å²) < 4.78 is 14.6. The van der Waals surface area contributed by atoms with Crippen molar-refractivity contribution in [3.8, 4) is 23.0 Å². The number of anilines is 1. The van der Waals surface area contributed by atoms with Crippen molar-refractivity contribution in [2.45, 2.75) is 13.3 Å². The zero-order valence-corrected chi connectivity index (χ0v) is 19.3. The van der Waals surface area contributed by atoms with Crippen LogP contribution in [0.1, 0.15) is 11.1 Å². The quantitative estimate of drug-likeness (QED) is 0.450. The summed E-state index contributed by atoms with van der Waals surface area (Å²) in [4.78, 5) is 24.5. The lowest BCUT2D eigenvalue weighted by Crippen LogP contribution is -2.37. The fourth-order valence-corrected chi connectivity index (χ4v) is 3.96. The number of nitrogens with one attached hydrogen (secondary N) is 1. The maximum atomic E-state index is 13.3. The molecular weight excluding hydrogens is 434 g/mol. The highest BCUT2D eigenvalue weighted by Crippen LogP contribution is 2.21. The number of H-pyrrole nitrogens is 1. The third-order valence-electron chi connectivity index (χ3n) is 5.72. The number of ether oxygens (including phenoxy) is 2. The summed E-state index contributed by atoms with van der Waals surface area (Å²) in [5.41, 5.74) is 3.41. The van der Waals surface area contributed by atoms with E-state index < -0.39 is 0 Å². The van der Waals surface area contributed by atoms with Crippen LogP contribution in [0.2, 0.25) is 0 Å². The molecule has 34 heavy (non-hydrogen) atoms. The van der Waals surface area contributed by atoms with Gasteiger partial charge in [0.05, 0.1) is 31.6 Å². The average molecular weight is 462 g/mol. The largest absolute Gasteiger partial charge is 0.463 e. The van der Waals surface area contributed by atoms with E-state index >= 15 is 0 Å². The van der Waals surface area contributed by atoms with Gasteiger partial charge in [-0.2, -0.15) is 15.1 Å². The Morgan fingerprint density at radius 3 is 2.74 bits per heavy atom. The van der Waals surface area contributed by atoms with Gasteiger partial charge < -0.3 is 14.4 Å². The van der Waals surface area contributed by atoms with Gasteiger partial charge in [0.15, 0.2) is 5.82 Å². The van der Waals surface area contributed by atoms with Gasteiger partial charge in [0.1, 0.15) is 5.82 Å². The van der Waals surface area contributed by atoms with Crippen LogP contribution in [0.4, 0.5) is 5.82 Å². The molecule has 1 aliphatic heterocycles. The molecule has 1 saturated heterocycles. The summed E-state index contributed by atoms with van der Waals surface area (Å²) in [5.74, 6) is 1.13. The molecular formula is C24H27N7O3. The van der Waals surface area contributed by atoms with Crippen molar-refractivity contribution >= 4 is 5.82 Å². The second kappa shape index (κ2) is 9.52. The van der Waals surface area contributed by atoms with E-state index in [4.69, 9.17) is 9.47 Å². The molecule has 0 amide bonds. The first-order valence-corrected chi connectivity index (χ1v) is 11.3. The van der Waals surface area contributed by atoms with Gasteiger partial charge in [-0.05, 0) is 18.1 Å². The lowest BCUT2D eigenvalue weighted by atomic mass is 10.1. The van der Waals surface area contributed by atoms with Crippen LogP contribution in [0.5, 0.6) is 6.01 Å².